The van der Waals surface area contributed by atoms with Crippen molar-refractivity contribution < 1.29 is 14.3 Å². The molecular weight excluding hydrogens is 368 g/mol. The summed E-state index contributed by atoms with van der Waals surface area (Å²) >= 11 is 6.28. The van der Waals surface area contributed by atoms with E-state index in [1.165, 1.54) is 6.08 Å². The molecule has 0 spiro atoms. The number of benzene rings is 1. The first-order valence-electron chi connectivity index (χ1n) is 8.41. The van der Waals surface area contributed by atoms with Crippen molar-refractivity contribution >= 4 is 35.2 Å². The lowest BCUT2D eigenvalue weighted by molar-refractivity contribution is -0.111. The monoisotopic (exact) mass is 386 g/mol. The summed E-state index contributed by atoms with van der Waals surface area (Å²) in [4.78, 5) is 12.2. The highest BCUT2D eigenvalue weighted by atomic mass is 35.5. The van der Waals surface area contributed by atoms with E-state index in [-0.39, 0.29) is 5.91 Å². The summed E-state index contributed by atoms with van der Waals surface area (Å²) in [6.45, 7) is 2.55. The summed E-state index contributed by atoms with van der Waals surface area (Å²) in [5.74, 6) is 1.02. The normalized spacial score (nSPS) is 11.1. The van der Waals surface area contributed by atoms with Crippen molar-refractivity contribution in [3.05, 3.63) is 53.2 Å². The molecule has 0 aliphatic carbocycles. The van der Waals surface area contributed by atoms with Crippen molar-refractivity contribution in [1.82, 2.24) is 14.6 Å². The second-order valence-electron chi connectivity index (χ2n) is 5.66. The Labute approximate surface area is 161 Å². The van der Waals surface area contributed by atoms with Crippen LogP contribution in [0.25, 0.3) is 11.7 Å². The third-order valence-corrected chi connectivity index (χ3v) is 3.96. The van der Waals surface area contributed by atoms with Crippen molar-refractivity contribution in [1.29, 1.82) is 0 Å². The van der Waals surface area contributed by atoms with E-state index in [0.717, 1.165) is 6.42 Å². The largest absolute Gasteiger partial charge is 0.493 e. The van der Waals surface area contributed by atoms with Crippen molar-refractivity contribution in [2.24, 2.45) is 0 Å². The number of nitrogens with zero attached hydrogens (tertiary/aromatic N) is 3. The Bertz CT molecular complexity index is 984. The van der Waals surface area contributed by atoms with Crippen LogP contribution in [0, 0.1) is 0 Å². The predicted molar refractivity (Wildman–Crippen MR) is 104 cm³/mol. The quantitative estimate of drug-likeness (QED) is 0.624. The minimum Gasteiger partial charge on any atom is -0.493 e. The lowest BCUT2D eigenvalue weighted by atomic mass is 10.2. The Hall–Kier alpha value is -3.06. The van der Waals surface area contributed by atoms with E-state index < -0.39 is 0 Å². The molecule has 1 N–H and O–H groups in total. The fourth-order valence-electron chi connectivity index (χ4n) is 2.43. The van der Waals surface area contributed by atoms with Crippen LogP contribution in [0.5, 0.6) is 11.5 Å². The summed E-state index contributed by atoms with van der Waals surface area (Å²) < 4.78 is 12.6. The maximum atomic E-state index is 12.2. The Morgan fingerprint density at radius 1 is 1.33 bits per heavy atom. The van der Waals surface area contributed by atoms with Gasteiger partial charge in [0.25, 0.3) is 5.91 Å². The smallest absolute Gasteiger partial charge is 0.250 e. The molecule has 0 aliphatic rings. The Morgan fingerprint density at radius 3 is 2.96 bits per heavy atom. The van der Waals surface area contributed by atoms with Gasteiger partial charge in [-0.25, -0.2) is 0 Å². The van der Waals surface area contributed by atoms with Gasteiger partial charge in [-0.15, -0.1) is 10.2 Å². The lowest BCUT2D eigenvalue weighted by Crippen LogP contribution is -2.10. The number of anilines is 1. The van der Waals surface area contributed by atoms with Crippen LogP contribution in [0.2, 0.25) is 5.02 Å². The molecule has 2 aromatic heterocycles. The van der Waals surface area contributed by atoms with Gasteiger partial charge in [0, 0.05) is 12.3 Å². The molecule has 7 nitrogen and oxygen atoms in total. The highest BCUT2D eigenvalue weighted by Crippen LogP contribution is 2.36. The topological polar surface area (TPSA) is 77.8 Å². The van der Waals surface area contributed by atoms with Gasteiger partial charge < -0.3 is 9.47 Å². The van der Waals surface area contributed by atoms with Crippen molar-refractivity contribution in [3.63, 3.8) is 0 Å². The number of pyridine rings is 1. The lowest BCUT2D eigenvalue weighted by Gasteiger charge is -2.12. The van der Waals surface area contributed by atoms with Crippen LogP contribution in [0.4, 0.5) is 5.95 Å². The van der Waals surface area contributed by atoms with Crippen LogP contribution >= 0.6 is 11.6 Å². The molecule has 0 aliphatic heterocycles. The van der Waals surface area contributed by atoms with Gasteiger partial charge in [0.15, 0.2) is 17.1 Å². The molecule has 8 heteroatoms. The third-order valence-electron chi connectivity index (χ3n) is 3.68. The third kappa shape index (κ3) is 4.38. The molecule has 0 radical (unpaired) electrons. The van der Waals surface area contributed by atoms with Crippen molar-refractivity contribution in [3.8, 4) is 11.5 Å². The van der Waals surface area contributed by atoms with Gasteiger partial charge >= 0.3 is 0 Å². The molecule has 0 saturated heterocycles. The van der Waals surface area contributed by atoms with E-state index in [9.17, 15) is 4.79 Å². The van der Waals surface area contributed by atoms with Gasteiger partial charge in [0.05, 0.1) is 18.7 Å². The Morgan fingerprint density at radius 2 is 2.19 bits per heavy atom. The number of halogens is 1. The molecule has 0 bridgehead atoms. The van der Waals surface area contributed by atoms with Crippen molar-refractivity contribution in [2.45, 2.75) is 13.3 Å². The van der Waals surface area contributed by atoms with Gasteiger partial charge in [0.2, 0.25) is 5.95 Å². The first kappa shape index (κ1) is 18.7. The average Bonchev–Trinajstić information content (AvgIpc) is 3.08. The second kappa shape index (κ2) is 8.55. The number of hydrogen-bond acceptors (Lipinski definition) is 5. The molecule has 0 fully saturated rings. The van der Waals surface area contributed by atoms with Gasteiger partial charge in [-0.1, -0.05) is 24.6 Å². The second-order valence-corrected chi connectivity index (χ2v) is 6.06. The van der Waals surface area contributed by atoms with Gasteiger partial charge in [-0.05, 0) is 42.3 Å². The molecule has 3 aromatic rings. The fraction of sp³-hybridized carbons (Fsp3) is 0.211. The minimum atomic E-state index is -0.338. The Kier molecular flexibility index (Phi) is 5.93. The highest BCUT2D eigenvalue weighted by molar-refractivity contribution is 6.32. The number of fused-ring (bicyclic) bond motifs is 1. The number of amides is 1. The number of ether oxygens (including phenoxy) is 2. The van der Waals surface area contributed by atoms with Crippen molar-refractivity contribution in [2.75, 3.05) is 19.0 Å². The number of methoxy groups -OCH3 is 1. The molecule has 3 rings (SSSR count). The van der Waals surface area contributed by atoms with E-state index in [1.807, 2.05) is 19.1 Å². The maximum absolute atomic E-state index is 12.2. The number of carbonyl (C=O) groups is 1. The number of hydrogen-bond donors (Lipinski definition) is 1. The average molecular weight is 387 g/mol. The van der Waals surface area contributed by atoms with E-state index in [2.05, 4.69) is 15.5 Å². The zero-order chi connectivity index (χ0) is 19.2. The summed E-state index contributed by atoms with van der Waals surface area (Å²) in [7, 11) is 1.54. The summed E-state index contributed by atoms with van der Waals surface area (Å²) in [5.41, 5.74) is 1.36. The van der Waals surface area contributed by atoms with E-state index in [0.29, 0.717) is 40.3 Å². The van der Waals surface area contributed by atoms with Gasteiger partial charge in [-0.2, -0.15) is 0 Å². The summed E-state index contributed by atoms with van der Waals surface area (Å²) in [5, 5.41) is 11.1. The SMILES string of the molecule is CCCOc1c(Cl)cc(/C=C/C(=O)Nc2nnc3ccccn23)cc1OC. The first-order valence-corrected chi connectivity index (χ1v) is 8.79. The molecular formula is C19H19ClN4O3. The van der Waals surface area contributed by atoms with Crippen LogP contribution in [-0.4, -0.2) is 34.2 Å². The molecule has 140 valence electrons. The van der Waals surface area contributed by atoms with E-state index >= 15 is 0 Å². The van der Waals surface area contributed by atoms with Crippen LogP contribution in [0.1, 0.15) is 18.9 Å². The zero-order valence-corrected chi connectivity index (χ0v) is 15.7. The first-order chi connectivity index (χ1) is 13.1. The zero-order valence-electron chi connectivity index (χ0n) is 15.0. The Balaban J connectivity index is 1.75. The molecule has 27 heavy (non-hydrogen) atoms. The van der Waals surface area contributed by atoms with Gasteiger partial charge in [-0.3, -0.25) is 14.5 Å². The maximum Gasteiger partial charge on any atom is 0.250 e. The van der Waals surface area contributed by atoms with Crippen LogP contribution in [0.15, 0.2) is 42.6 Å². The molecule has 1 aromatic carbocycles. The van der Waals surface area contributed by atoms with E-state index in [4.69, 9.17) is 21.1 Å². The fourth-order valence-corrected chi connectivity index (χ4v) is 2.70. The number of nitrogens with one attached hydrogen (secondary N) is 1. The number of aromatic nitrogens is 3. The number of carbonyl (C=O) groups excluding carboxylic acids is 1. The summed E-state index contributed by atoms with van der Waals surface area (Å²) in [6, 6.07) is 8.95. The minimum absolute atomic E-state index is 0.338. The molecule has 0 saturated carbocycles. The molecule has 1 amide bonds. The van der Waals surface area contributed by atoms with Crippen LogP contribution < -0.4 is 14.8 Å². The molecule has 2 heterocycles. The van der Waals surface area contributed by atoms with Gasteiger partial charge in [0.1, 0.15) is 0 Å². The standard InChI is InChI=1S/C19H19ClN4O3/c1-3-10-27-18-14(20)11-13(12-15(18)26-2)7-8-17(25)21-19-23-22-16-6-4-5-9-24(16)19/h4-9,11-12H,3,10H2,1-2H3,(H,21,23,25)/b8-7+. The predicted octanol–water partition coefficient (Wildman–Crippen LogP) is 3.83. The summed E-state index contributed by atoms with van der Waals surface area (Å²) in [6.07, 6.45) is 5.66. The molecule has 0 unspecified atom stereocenters. The van der Waals surface area contributed by atoms with Crippen LogP contribution in [-0.2, 0) is 4.79 Å². The van der Waals surface area contributed by atoms with E-state index in [1.54, 1.807) is 42.0 Å². The van der Waals surface area contributed by atoms with Crippen LogP contribution in [0.3, 0.4) is 0 Å². The molecule has 0 atom stereocenters. The number of rotatable bonds is 7. The highest BCUT2D eigenvalue weighted by Gasteiger charge is 2.11.